The molecule has 33 heavy (non-hydrogen) atoms. The predicted octanol–water partition coefficient (Wildman–Crippen LogP) is 1.99. The van der Waals surface area contributed by atoms with Crippen LogP contribution in [0.1, 0.15) is 80.1 Å². The Hall–Kier alpha value is -1.67. The monoisotopic (exact) mass is 465 g/mol. The van der Waals surface area contributed by atoms with Crippen molar-refractivity contribution in [3.63, 3.8) is 0 Å². The first-order valence-electron chi connectivity index (χ1n) is 12.8. The minimum absolute atomic E-state index is 0.00213. The van der Waals surface area contributed by atoms with E-state index < -0.39 is 35.1 Å². The molecule has 8 nitrogen and oxygen atoms in total. The van der Waals surface area contributed by atoms with Crippen LogP contribution in [0.4, 0.5) is 0 Å². The van der Waals surface area contributed by atoms with E-state index in [4.69, 9.17) is 4.74 Å². The number of likely N-dealkylation sites (tertiary alicyclic amines) is 1. The van der Waals surface area contributed by atoms with E-state index in [1.807, 2.05) is 34.6 Å². The standard InChI is InChI=1S/C25H43N3O5/c1-7-10-16(5)27-22(31)20-25-12-11-24(6,33-25)18(21(30)26-13-8-2)19(25)23(32)28(20)17(14-29)15(4)9-3/h15-20,29H,7-14H2,1-6H3,(H,26,30)(H,27,31)/t15-,16?,17-,18+,19-,20?,24-,25?/m0/s1. The largest absolute Gasteiger partial charge is 0.394 e. The first-order chi connectivity index (χ1) is 15.6. The van der Waals surface area contributed by atoms with Crippen LogP contribution in [0, 0.1) is 17.8 Å². The summed E-state index contributed by atoms with van der Waals surface area (Å²) in [4.78, 5) is 42.6. The van der Waals surface area contributed by atoms with Gasteiger partial charge < -0.3 is 25.4 Å². The van der Waals surface area contributed by atoms with Gasteiger partial charge in [0, 0.05) is 12.6 Å². The van der Waals surface area contributed by atoms with Gasteiger partial charge in [0.1, 0.15) is 11.6 Å². The van der Waals surface area contributed by atoms with E-state index in [1.54, 1.807) is 4.90 Å². The second-order valence-corrected chi connectivity index (χ2v) is 10.6. The maximum Gasteiger partial charge on any atom is 0.246 e. The van der Waals surface area contributed by atoms with Gasteiger partial charge in [0.05, 0.1) is 30.1 Å². The van der Waals surface area contributed by atoms with Crippen molar-refractivity contribution in [2.24, 2.45) is 17.8 Å². The molecule has 8 atom stereocenters. The summed E-state index contributed by atoms with van der Waals surface area (Å²) >= 11 is 0. The molecule has 8 heteroatoms. The maximum absolute atomic E-state index is 14.0. The molecule has 3 aliphatic rings. The summed E-state index contributed by atoms with van der Waals surface area (Å²) in [7, 11) is 0. The summed E-state index contributed by atoms with van der Waals surface area (Å²) in [5.41, 5.74) is -1.82. The quantitative estimate of drug-likeness (QED) is 0.433. The summed E-state index contributed by atoms with van der Waals surface area (Å²) in [6, 6.07) is -1.40. The normalized spacial score (nSPS) is 35.3. The third-order valence-electron chi connectivity index (χ3n) is 8.25. The Kier molecular flexibility index (Phi) is 7.79. The minimum Gasteiger partial charge on any atom is -0.394 e. The number of nitrogens with one attached hydrogen (secondary N) is 2. The molecular weight excluding hydrogens is 422 g/mol. The highest BCUT2D eigenvalue weighted by atomic mass is 16.5. The SMILES string of the molecule is CCCNC(=O)[C@H]1[C@H]2C(=O)N([C@@H](CO)[C@@H](C)CC)C(C(=O)NC(C)CCC)C23CC[C@]1(C)O3. The Balaban J connectivity index is 2.06. The molecule has 2 bridgehead atoms. The number of amides is 3. The van der Waals surface area contributed by atoms with Gasteiger partial charge in [0.2, 0.25) is 17.7 Å². The van der Waals surface area contributed by atoms with E-state index in [-0.39, 0.29) is 36.3 Å². The zero-order valence-corrected chi connectivity index (χ0v) is 21.1. The van der Waals surface area contributed by atoms with Gasteiger partial charge in [-0.15, -0.1) is 0 Å². The van der Waals surface area contributed by atoms with Crippen molar-refractivity contribution < 1.29 is 24.2 Å². The first-order valence-corrected chi connectivity index (χ1v) is 12.8. The molecule has 0 radical (unpaired) electrons. The molecule has 0 aromatic rings. The Bertz CT molecular complexity index is 760. The average Bonchev–Trinajstić information content (AvgIpc) is 3.33. The molecular formula is C25H43N3O5. The number of ether oxygens (including phenoxy) is 1. The number of rotatable bonds is 11. The van der Waals surface area contributed by atoms with Gasteiger partial charge in [-0.25, -0.2) is 0 Å². The molecule has 0 aliphatic carbocycles. The molecule has 188 valence electrons. The van der Waals surface area contributed by atoms with Crippen molar-refractivity contribution in [1.82, 2.24) is 15.5 Å². The zero-order chi connectivity index (χ0) is 24.6. The topological polar surface area (TPSA) is 108 Å². The Labute approximate surface area is 198 Å². The van der Waals surface area contributed by atoms with E-state index in [1.165, 1.54) is 0 Å². The summed E-state index contributed by atoms with van der Waals surface area (Å²) < 4.78 is 6.60. The molecule has 0 aromatic heterocycles. The third-order valence-corrected chi connectivity index (χ3v) is 8.25. The fourth-order valence-corrected chi connectivity index (χ4v) is 6.42. The van der Waals surface area contributed by atoms with Gasteiger partial charge in [0.15, 0.2) is 0 Å². The zero-order valence-electron chi connectivity index (χ0n) is 21.1. The second-order valence-electron chi connectivity index (χ2n) is 10.6. The molecule has 3 fully saturated rings. The number of aliphatic hydroxyl groups excluding tert-OH is 1. The van der Waals surface area contributed by atoms with Gasteiger partial charge >= 0.3 is 0 Å². The van der Waals surface area contributed by atoms with Crippen molar-refractivity contribution in [2.75, 3.05) is 13.2 Å². The highest BCUT2D eigenvalue weighted by molar-refractivity contribution is 5.99. The smallest absolute Gasteiger partial charge is 0.246 e. The molecule has 3 saturated heterocycles. The second kappa shape index (κ2) is 9.90. The lowest BCUT2D eigenvalue weighted by atomic mass is 9.66. The van der Waals surface area contributed by atoms with Crippen LogP contribution < -0.4 is 10.6 Å². The van der Waals surface area contributed by atoms with Gasteiger partial charge in [-0.3, -0.25) is 14.4 Å². The molecule has 0 aromatic carbocycles. The fraction of sp³-hybridized carbons (Fsp3) is 0.880. The highest BCUT2D eigenvalue weighted by Crippen LogP contribution is 2.63. The van der Waals surface area contributed by atoms with Crippen molar-refractivity contribution in [3.8, 4) is 0 Å². The molecule has 1 spiro atoms. The van der Waals surface area contributed by atoms with Crippen molar-refractivity contribution >= 4 is 17.7 Å². The van der Waals surface area contributed by atoms with Crippen LogP contribution in [0.2, 0.25) is 0 Å². The van der Waals surface area contributed by atoms with Crippen LogP contribution in [-0.4, -0.2) is 70.2 Å². The lowest BCUT2D eigenvalue weighted by Crippen LogP contribution is -2.60. The molecule has 3 unspecified atom stereocenters. The van der Waals surface area contributed by atoms with Gasteiger partial charge in [0.25, 0.3) is 0 Å². The van der Waals surface area contributed by atoms with Crippen molar-refractivity contribution in [2.45, 2.75) is 109 Å². The van der Waals surface area contributed by atoms with E-state index in [9.17, 15) is 19.5 Å². The van der Waals surface area contributed by atoms with Crippen molar-refractivity contribution in [1.29, 1.82) is 0 Å². The first kappa shape index (κ1) is 25.9. The van der Waals surface area contributed by atoms with Crippen LogP contribution in [0.15, 0.2) is 0 Å². The number of carbonyl (C=O) groups is 3. The Morgan fingerprint density at radius 3 is 2.45 bits per heavy atom. The van der Waals surface area contributed by atoms with Crippen LogP contribution in [0.3, 0.4) is 0 Å². The Morgan fingerprint density at radius 1 is 1.18 bits per heavy atom. The summed E-state index contributed by atoms with van der Waals surface area (Å²) in [5, 5.41) is 16.4. The Morgan fingerprint density at radius 2 is 1.88 bits per heavy atom. The van der Waals surface area contributed by atoms with Crippen LogP contribution in [0.25, 0.3) is 0 Å². The predicted molar refractivity (Wildman–Crippen MR) is 125 cm³/mol. The van der Waals surface area contributed by atoms with E-state index in [0.29, 0.717) is 19.4 Å². The summed E-state index contributed by atoms with van der Waals surface area (Å²) in [6.45, 7) is 12.2. The molecule has 3 rings (SSSR count). The summed E-state index contributed by atoms with van der Waals surface area (Å²) in [6.07, 6.45) is 4.49. The molecule has 3 heterocycles. The third kappa shape index (κ3) is 4.18. The number of hydrogen-bond donors (Lipinski definition) is 3. The van der Waals surface area contributed by atoms with Gasteiger partial charge in [-0.05, 0) is 45.4 Å². The summed E-state index contributed by atoms with van der Waals surface area (Å²) in [5.74, 6) is -2.02. The number of nitrogens with zero attached hydrogens (tertiary/aromatic N) is 1. The lowest BCUT2D eigenvalue weighted by Gasteiger charge is -2.39. The molecule has 3 N–H and O–H groups in total. The number of aliphatic hydroxyl groups is 1. The lowest BCUT2D eigenvalue weighted by molar-refractivity contribution is -0.151. The van der Waals surface area contributed by atoms with Crippen LogP contribution >= 0.6 is 0 Å². The minimum atomic E-state index is -1.04. The number of carbonyl (C=O) groups excluding carboxylic acids is 3. The maximum atomic E-state index is 14.0. The average molecular weight is 466 g/mol. The number of hydrogen-bond acceptors (Lipinski definition) is 5. The van der Waals surface area contributed by atoms with Crippen LogP contribution in [0.5, 0.6) is 0 Å². The number of fused-ring (bicyclic) bond motifs is 1. The van der Waals surface area contributed by atoms with E-state index in [2.05, 4.69) is 17.6 Å². The molecule has 3 amide bonds. The molecule has 3 aliphatic heterocycles. The van der Waals surface area contributed by atoms with Gasteiger partial charge in [-0.1, -0.05) is 40.5 Å². The van der Waals surface area contributed by atoms with Crippen molar-refractivity contribution in [3.05, 3.63) is 0 Å². The fourth-order valence-electron chi connectivity index (χ4n) is 6.42. The van der Waals surface area contributed by atoms with Crippen LogP contribution in [-0.2, 0) is 19.1 Å². The highest BCUT2D eigenvalue weighted by Gasteiger charge is 2.78. The van der Waals surface area contributed by atoms with Gasteiger partial charge in [-0.2, -0.15) is 0 Å². The van der Waals surface area contributed by atoms with E-state index in [0.717, 1.165) is 25.7 Å². The van der Waals surface area contributed by atoms with E-state index >= 15 is 0 Å². The molecule has 0 saturated carbocycles.